The monoisotopic (exact) mass is 251 g/mol. The van der Waals surface area contributed by atoms with E-state index >= 15 is 0 Å². The van der Waals surface area contributed by atoms with Gasteiger partial charge in [0, 0.05) is 12.0 Å². The predicted octanol–water partition coefficient (Wildman–Crippen LogP) is 1.22. The second kappa shape index (κ2) is 5.59. The Bertz CT molecular complexity index is 400. The lowest BCUT2D eigenvalue weighted by atomic mass is 9.81. The summed E-state index contributed by atoms with van der Waals surface area (Å²) >= 11 is 0. The number of hydrogen-bond acceptors (Lipinski definition) is 4. The first kappa shape index (κ1) is 13.2. The van der Waals surface area contributed by atoms with Crippen molar-refractivity contribution in [3.63, 3.8) is 0 Å². The lowest BCUT2D eigenvalue weighted by molar-refractivity contribution is 0.142. The van der Waals surface area contributed by atoms with Gasteiger partial charge in [-0.2, -0.15) is 0 Å². The molecule has 1 atom stereocenters. The van der Waals surface area contributed by atoms with Crippen molar-refractivity contribution >= 4 is 0 Å². The summed E-state index contributed by atoms with van der Waals surface area (Å²) in [7, 11) is 3.27. The molecule has 1 aliphatic heterocycles. The predicted molar refractivity (Wildman–Crippen MR) is 70.3 cm³/mol. The smallest absolute Gasteiger partial charge is 0.160 e. The molecule has 0 spiro atoms. The number of benzene rings is 1. The zero-order chi connectivity index (χ0) is 13.0. The van der Waals surface area contributed by atoms with Crippen LogP contribution in [0, 0.1) is 5.41 Å². The van der Waals surface area contributed by atoms with Crippen LogP contribution in [-0.4, -0.2) is 39.0 Å². The van der Waals surface area contributed by atoms with Crippen molar-refractivity contribution in [2.75, 3.05) is 33.9 Å². The fraction of sp³-hybridized carbons (Fsp3) is 0.571. The summed E-state index contributed by atoms with van der Waals surface area (Å²) in [5.41, 5.74) is 1.14. The standard InChI is InChI=1S/C14H21NO3/c1-17-12-4-3-11(7-13(12)18-2)8-14(10-16)5-6-15-9-14/h3-4,7,15-16H,5-6,8-10H2,1-2H3. The molecule has 4 heteroatoms. The van der Waals surface area contributed by atoms with Crippen LogP contribution in [0.1, 0.15) is 12.0 Å². The zero-order valence-electron chi connectivity index (χ0n) is 11.0. The molecular weight excluding hydrogens is 230 g/mol. The van der Waals surface area contributed by atoms with Crippen molar-refractivity contribution in [1.29, 1.82) is 0 Å². The Kier molecular flexibility index (Phi) is 4.09. The second-order valence-corrected chi connectivity index (χ2v) is 4.95. The van der Waals surface area contributed by atoms with Crippen LogP contribution in [-0.2, 0) is 6.42 Å². The molecule has 1 aromatic carbocycles. The maximum absolute atomic E-state index is 9.61. The molecule has 1 aromatic rings. The lowest BCUT2D eigenvalue weighted by Gasteiger charge is -2.25. The maximum Gasteiger partial charge on any atom is 0.160 e. The molecule has 1 heterocycles. The first-order valence-corrected chi connectivity index (χ1v) is 6.25. The van der Waals surface area contributed by atoms with Crippen LogP contribution < -0.4 is 14.8 Å². The molecule has 0 saturated carbocycles. The molecule has 1 saturated heterocycles. The molecule has 4 nitrogen and oxygen atoms in total. The van der Waals surface area contributed by atoms with Crippen molar-refractivity contribution in [1.82, 2.24) is 5.32 Å². The van der Waals surface area contributed by atoms with Crippen molar-refractivity contribution in [2.45, 2.75) is 12.8 Å². The molecule has 0 aliphatic carbocycles. The summed E-state index contributed by atoms with van der Waals surface area (Å²) in [6, 6.07) is 5.95. The quantitative estimate of drug-likeness (QED) is 0.826. The number of rotatable bonds is 5. The highest BCUT2D eigenvalue weighted by Gasteiger charge is 2.33. The van der Waals surface area contributed by atoms with Gasteiger partial charge in [-0.3, -0.25) is 0 Å². The Balaban J connectivity index is 2.18. The molecule has 1 fully saturated rings. The van der Waals surface area contributed by atoms with Crippen molar-refractivity contribution in [3.8, 4) is 11.5 Å². The number of nitrogens with one attached hydrogen (secondary N) is 1. The van der Waals surface area contributed by atoms with E-state index in [1.807, 2.05) is 18.2 Å². The van der Waals surface area contributed by atoms with E-state index in [9.17, 15) is 5.11 Å². The van der Waals surface area contributed by atoms with Crippen molar-refractivity contribution < 1.29 is 14.6 Å². The third-order valence-corrected chi connectivity index (χ3v) is 3.69. The number of hydrogen-bond donors (Lipinski definition) is 2. The van der Waals surface area contributed by atoms with Gasteiger partial charge in [0.25, 0.3) is 0 Å². The molecule has 1 unspecified atom stereocenters. The Hall–Kier alpha value is -1.26. The van der Waals surface area contributed by atoms with Gasteiger partial charge in [0.2, 0.25) is 0 Å². The lowest BCUT2D eigenvalue weighted by Crippen LogP contribution is -2.30. The minimum atomic E-state index is -0.0282. The summed E-state index contributed by atoms with van der Waals surface area (Å²) in [6.45, 7) is 2.07. The Morgan fingerprint density at radius 2 is 2.06 bits per heavy atom. The van der Waals surface area contributed by atoms with Crippen LogP contribution >= 0.6 is 0 Å². The van der Waals surface area contributed by atoms with Gasteiger partial charge in [0.15, 0.2) is 11.5 Å². The largest absolute Gasteiger partial charge is 0.493 e. The normalized spacial score (nSPS) is 23.1. The topological polar surface area (TPSA) is 50.7 Å². The third kappa shape index (κ3) is 2.60. The first-order chi connectivity index (χ1) is 8.73. The molecule has 18 heavy (non-hydrogen) atoms. The molecule has 2 rings (SSSR count). The fourth-order valence-electron chi connectivity index (χ4n) is 2.56. The highest BCUT2D eigenvalue weighted by molar-refractivity contribution is 5.43. The molecule has 0 bridgehead atoms. The first-order valence-electron chi connectivity index (χ1n) is 6.25. The summed E-state index contributed by atoms with van der Waals surface area (Å²) < 4.78 is 10.5. The van der Waals surface area contributed by atoms with Crippen molar-refractivity contribution in [2.24, 2.45) is 5.41 Å². The Morgan fingerprint density at radius 1 is 1.28 bits per heavy atom. The molecule has 1 aliphatic rings. The van der Waals surface area contributed by atoms with E-state index in [1.54, 1.807) is 14.2 Å². The SMILES string of the molecule is COc1ccc(CC2(CO)CCNC2)cc1OC. The number of aliphatic hydroxyl groups is 1. The Morgan fingerprint density at radius 3 is 2.61 bits per heavy atom. The van der Waals surface area contributed by atoms with E-state index in [0.717, 1.165) is 37.4 Å². The van der Waals surface area contributed by atoms with Crippen LogP contribution in [0.5, 0.6) is 11.5 Å². The molecule has 100 valence electrons. The maximum atomic E-state index is 9.61. The minimum Gasteiger partial charge on any atom is -0.493 e. The highest BCUT2D eigenvalue weighted by atomic mass is 16.5. The molecule has 0 amide bonds. The average Bonchev–Trinajstić information content (AvgIpc) is 2.87. The van der Waals surface area contributed by atoms with Gasteiger partial charge < -0.3 is 19.9 Å². The fourth-order valence-corrected chi connectivity index (χ4v) is 2.56. The van der Waals surface area contributed by atoms with E-state index in [4.69, 9.17) is 9.47 Å². The van der Waals surface area contributed by atoms with Crippen molar-refractivity contribution in [3.05, 3.63) is 23.8 Å². The second-order valence-electron chi connectivity index (χ2n) is 4.95. The Labute approximate surface area is 108 Å². The van der Waals surface area contributed by atoms with E-state index < -0.39 is 0 Å². The zero-order valence-corrected chi connectivity index (χ0v) is 11.0. The molecular formula is C14H21NO3. The minimum absolute atomic E-state index is 0.0282. The van der Waals surface area contributed by atoms with E-state index in [0.29, 0.717) is 0 Å². The number of aliphatic hydroxyl groups excluding tert-OH is 1. The summed E-state index contributed by atoms with van der Waals surface area (Å²) in [5, 5.41) is 12.9. The summed E-state index contributed by atoms with van der Waals surface area (Å²) in [4.78, 5) is 0. The number of methoxy groups -OCH3 is 2. The highest BCUT2D eigenvalue weighted by Crippen LogP contribution is 2.33. The van der Waals surface area contributed by atoms with Gasteiger partial charge in [-0.1, -0.05) is 6.07 Å². The van der Waals surface area contributed by atoms with Gasteiger partial charge in [0.05, 0.1) is 20.8 Å². The van der Waals surface area contributed by atoms with Crippen LogP contribution in [0.2, 0.25) is 0 Å². The van der Waals surface area contributed by atoms with Crippen LogP contribution in [0.15, 0.2) is 18.2 Å². The van der Waals surface area contributed by atoms with Crippen LogP contribution in [0.25, 0.3) is 0 Å². The van der Waals surface area contributed by atoms with E-state index in [1.165, 1.54) is 5.56 Å². The van der Waals surface area contributed by atoms with Gasteiger partial charge in [-0.15, -0.1) is 0 Å². The average molecular weight is 251 g/mol. The van der Waals surface area contributed by atoms with Gasteiger partial charge in [-0.05, 0) is 37.1 Å². The molecule has 2 N–H and O–H groups in total. The molecule has 0 radical (unpaired) electrons. The molecule has 0 aromatic heterocycles. The number of ether oxygens (including phenoxy) is 2. The van der Waals surface area contributed by atoms with Crippen LogP contribution in [0.4, 0.5) is 0 Å². The summed E-state index contributed by atoms with van der Waals surface area (Å²) in [5.74, 6) is 1.48. The van der Waals surface area contributed by atoms with Gasteiger partial charge >= 0.3 is 0 Å². The van der Waals surface area contributed by atoms with E-state index in [-0.39, 0.29) is 12.0 Å². The van der Waals surface area contributed by atoms with Crippen LogP contribution in [0.3, 0.4) is 0 Å². The third-order valence-electron chi connectivity index (χ3n) is 3.69. The van der Waals surface area contributed by atoms with E-state index in [2.05, 4.69) is 5.32 Å². The summed E-state index contributed by atoms with van der Waals surface area (Å²) in [6.07, 6.45) is 1.87. The van der Waals surface area contributed by atoms with Gasteiger partial charge in [-0.25, -0.2) is 0 Å². The van der Waals surface area contributed by atoms with Gasteiger partial charge in [0.1, 0.15) is 0 Å².